The summed E-state index contributed by atoms with van der Waals surface area (Å²) in [4.78, 5) is 4.68. The van der Waals surface area contributed by atoms with Gasteiger partial charge in [-0.2, -0.15) is 0 Å². The third-order valence-electron chi connectivity index (χ3n) is 2.89. The molecule has 2 aromatic rings. The molecule has 0 aliphatic rings. The van der Waals surface area contributed by atoms with E-state index in [1.807, 2.05) is 6.07 Å². The van der Waals surface area contributed by atoms with E-state index in [1.54, 1.807) is 0 Å². The van der Waals surface area contributed by atoms with Crippen LogP contribution in [0.4, 0.5) is 0 Å². The molecule has 0 spiro atoms. The summed E-state index contributed by atoms with van der Waals surface area (Å²) in [6, 6.07) is 8.33. The summed E-state index contributed by atoms with van der Waals surface area (Å²) in [5.74, 6) is 1.81. The van der Waals surface area contributed by atoms with Gasteiger partial charge in [-0.15, -0.1) is 0 Å². The number of nitrogens with zero attached hydrogens (tertiary/aromatic N) is 2. The fourth-order valence-electron chi connectivity index (χ4n) is 2.09. The number of aryl methyl sites for hydroxylation is 1. The number of rotatable bonds is 5. The van der Waals surface area contributed by atoms with Crippen molar-refractivity contribution in [3.63, 3.8) is 0 Å². The molecule has 92 valence electrons. The van der Waals surface area contributed by atoms with Crippen LogP contribution in [0.5, 0.6) is 0 Å². The van der Waals surface area contributed by atoms with Crippen molar-refractivity contribution in [2.24, 2.45) is 5.92 Å². The minimum atomic E-state index is 0.675. The SMILES string of the molecule is CCn1c(CNCC(C)C)nc2ccccc21. The Labute approximate surface area is 103 Å². The number of hydrogen-bond acceptors (Lipinski definition) is 2. The van der Waals surface area contributed by atoms with E-state index < -0.39 is 0 Å². The van der Waals surface area contributed by atoms with Crippen molar-refractivity contribution >= 4 is 11.0 Å². The number of nitrogens with one attached hydrogen (secondary N) is 1. The molecule has 0 saturated heterocycles. The number of para-hydroxylation sites is 2. The summed E-state index contributed by atoms with van der Waals surface area (Å²) < 4.78 is 2.28. The first-order valence-electron chi connectivity index (χ1n) is 6.37. The van der Waals surface area contributed by atoms with Crippen molar-refractivity contribution < 1.29 is 0 Å². The molecule has 0 fully saturated rings. The molecule has 0 aliphatic heterocycles. The molecule has 3 heteroatoms. The van der Waals surface area contributed by atoms with Gasteiger partial charge in [0.1, 0.15) is 5.82 Å². The molecule has 0 atom stereocenters. The Balaban J connectivity index is 2.21. The molecule has 0 saturated carbocycles. The van der Waals surface area contributed by atoms with Crippen LogP contribution in [0, 0.1) is 5.92 Å². The largest absolute Gasteiger partial charge is 0.327 e. The van der Waals surface area contributed by atoms with E-state index in [-0.39, 0.29) is 0 Å². The van der Waals surface area contributed by atoms with Crippen molar-refractivity contribution in [2.45, 2.75) is 33.9 Å². The zero-order valence-electron chi connectivity index (χ0n) is 10.9. The van der Waals surface area contributed by atoms with E-state index in [2.05, 4.69) is 53.8 Å². The summed E-state index contributed by atoms with van der Waals surface area (Å²) in [5, 5.41) is 3.45. The molecule has 0 unspecified atom stereocenters. The maximum Gasteiger partial charge on any atom is 0.123 e. The van der Waals surface area contributed by atoms with Gasteiger partial charge in [0, 0.05) is 6.54 Å². The second-order valence-corrected chi connectivity index (χ2v) is 4.79. The van der Waals surface area contributed by atoms with Crippen LogP contribution < -0.4 is 5.32 Å². The van der Waals surface area contributed by atoms with Gasteiger partial charge in [0.25, 0.3) is 0 Å². The van der Waals surface area contributed by atoms with Crippen molar-refractivity contribution in [1.29, 1.82) is 0 Å². The average molecular weight is 231 g/mol. The predicted octanol–water partition coefficient (Wildman–Crippen LogP) is 2.80. The molecule has 17 heavy (non-hydrogen) atoms. The van der Waals surface area contributed by atoms with Crippen molar-refractivity contribution in [2.75, 3.05) is 6.54 Å². The third kappa shape index (κ3) is 2.67. The highest BCUT2D eigenvalue weighted by Gasteiger charge is 2.08. The maximum atomic E-state index is 4.68. The smallest absolute Gasteiger partial charge is 0.123 e. The fourth-order valence-corrected chi connectivity index (χ4v) is 2.09. The van der Waals surface area contributed by atoms with Crippen molar-refractivity contribution in [3.8, 4) is 0 Å². The number of fused-ring (bicyclic) bond motifs is 1. The minimum absolute atomic E-state index is 0.675. The quantitative estimate of drug-likeness (QED) is 0.857. The molecular weight excluding hydrogens is 210 g/mol. The molecule has 0 aliphatic carbocycles. The van der Waals surface area contributed by atoms with Gasteiger partial charge in [0.15, 0.2) is 0 Å². The summed E-state index contributed by atoms with van der Waals surface area (Å²) in [7, 11) is 0. The van der Waals surface area contributed by atoms with Crippen LogP contribution in [0.15, 0.2) is 24.3 Å². The summed E-state index contributed by atoms with van der Waals surface area (Å²) >= 11 is 0. The van der Waals surface area contributed by atoms with E-state index in [1.165, 1.54) is 5.52 Å². The van der Waals surface area contributed by atoms with Gasteiger partial charge in [0.05, 0.1) is 17.6 Å². The van der Waals surface area contributed by atoms with Gasteiger partial charge in [-0.05, 0) is 31.5 Å². The Kier molecular flexibility index (Phi) is 3.79. The van der Waals surface area contributed by atoms with E-state index >= 15 is 0 Å². The topological polar surface area (TPSA) is 29.9 Å². The van der Waals surface area contributed by atoms with Gasteiger partial charge in [0.2, 0.25) is 0 Å². The third-order valence-corrected chi connectivity index (χ3v) is 2.89. The van der Waals surface area contributed by atoms with Gasteiger partial charge in [-0.25, -0.2) is 4.98 Å². The summed E-state index contributed by atoms with van der Waals surface area (Å²) in [6.07, 6.45) is 0. The monoisotopic (exact) mass is 231 g/mol. The van der Waals surface area contributed by atoms with Crippen LogP contribution in [-0.4, -0.2) is 16.1 Å². The van der Waals surface area contributed by atoms with Gasteiger partial charge >= 0.3 is 0 Å². The van der Waals surface area contributed by atoms with Crippen LogP contribution in [-0.2, 0) is 13.1 Å². The second kappa shape index (κ2) is 5.32. The molecule has 1 aromatic carbocycles. The standard InChI is InChI=1S/C14H21N3/c1-4-17-13-8-6-5-7-12(13)16-14(17)10-15-9-11(2)3/h5-8,11,15H,4,9-10H2,1-3H3. The lowest BCUT2D eigenvalue weighted by atomic mass is 10.2. The molecular formula is C14H21N3. The molecule has 3 nitrogen and oxygen atoms in total. The number of benzene rings is 1. The van der Waals surface area contributed by atoms with Crippen molar-refractivity contribution in [1.82, 2.24) is 14.9 Å². The highest BCUT2D eigenvalue weighted by atomic mass is 15.1. The molecule has 0 radical (unpaired) electrons. The summed E-state index contributed by atoms with van der Waals surface area (Å²) in [5.41, 5.74) is 2.33. The maximum absolute atomic E-state index is 4.68. The molecule has 1 N–H and O–H groups in total. The Morgan fingerprint density at radius 3 is 2.76 bits per heavy atom. The highest BCUT2D eigenvalue weighted by molar-refractivity contribution is 5.75. The normalized spacial score (nSPS) is 11.5. The Morgan fingerprint density at radius 2 is 2.06 bits per heavy atom. The first-order valence-corrected chi connectivity index (χ1v) is 6.37. The Morgan fingerprint density at radius 1 is 1.29 bits per heavy atom. The van der Waals surface area contributed by atoms with Crippen LogP contribution in [0.2, 0.25) is 0 Å². The van der Waals surface area contributed by atoms with E-state index in [0.717, 1.165) is 31.0 Å². The van der Waals surface area contributed by atoms with Crippen LogP contribution in [0.3, 0.4) is 0 Å². The van der Waals surface area contributed by atoms with Crippen molar-refractivity contribution in [3.05, 3.63) is 30.1 Å². The zero-order valence-corrected chi connectivity index (χ0v) is 10.9. The lowest BCUT2D eigenvalue weighted by Crippen LogP contribution is -2.21. The molecule has 0 bridgehead atoms. The van der Waals surface area contributed by atoms with Gasteiger partial charge in [-0.1, -0.05) is 26.0 Å². The second-order valence-electron chi connectivity index (χ2n) is 4.79. The molecule has 1 heterocycles. The minimum Gasteiger partial charge on any atom is -0.327 e. The molecule has 0 amide bonds. The average Bonchev–Trinajstić information content (AvgIpc) is 2.66. The number of imidazole rings is 1. The van der Waals surface area contributed by atoms with Crippen LogP contribution in [0.25, 0.3) is 11.0 Å². The molecule has 2 rings (SSSR count). The first-order chi connectivity index (χ1) is 8.22. The van der Waals surface area contributed by atoms with Gasteiger partial charge < -0.3 is 9.88 Å². The zero-order chi connectivity index (χ0) is 12.3. The number of hydrogen-bond donors (Lipinski definition) is 1. The lowest BCUT2D eigenvalue weighted by molar-refractivity contribution is 0.533. The van der Waals surface area contributed by atoms with Gasteiger partial charge in [-0.3, -0.25) is 0 Å². The Hall–Kier alpha value is -1.35. The van der Waals surface area contributed by atoms with Crippen LogP contribution in [0.1, 0.15) is 26.6 Å². The number of aromatic nitrogens is 2. The van der Waals surface area contributed by atoms with E-state index in [9.17, 15) is 0 Å². The Bertz CT molecular complexity index is 485. The fraction of sp³-hybridized carbons (Fsp3) is 0.500. The molecule has 1 aromatic heterocycles. The highest BCUT2D eigenvalue weighted by Crippen LogP contribution is 2.15. The van der Waals surface area contributed by atoms with Crippen LogP contribution >= 0.6 is 0 Å². The van der Waals surface area contributed by atoms with E-state index in [4.69, 9.17) is 0 Å². The lowest BCUT2D eigenvalue weighted by Gasteiger charge is -2.09. The predicted molar refractivity (Wildman–Crippen MR) is 72.0 cm³/mol. The van der Waals surface area contributed by atoms with E-state index in [0.29, 0.717) is 5.92 Å². The summed E-state index contributed by atoms with van der Waals surface area (Å²) in [6.45, 7) is 9.46. The first kappa shape index (κ1) is 12.1.